The van der Waals surface area contributed by atoms with Gasteiger partial charge in [0, 0.05) is 16.6 Å². The number of anilines is 1. The van der Waals surface area contributed by atoms with E-state index >= 15 is 0 Å². The predicted molar refractivity (Wildman–Crippen MR) is 72.8 cm³/mol. The minimum Gasteiger partial charge on any atom is -0.291 e. The van der Waals surface area contributed by atoms with E-state index in [1.807, 2.05) is 12.1 Å². The van der Waals surface area contributed by atoms with Gasteiger partial charge in [0.25, 0.3) is 5.56 Å². The molecule has 0 unspecified atom stereocenters. The summed E-state index contributed by atoms with van der Waals surface area (Å²) in [5, 5.41) is 3.99. The van der Waals surface area contributed by atoms with Crippen LogP contribution in [0.4, 0.5) is 5.95 Å². The molecule has 0 aromatic carbocycles. The van der Waals surface area contributed by atoms with Crippen LogP contribution in [-0.2, 0) is 0 Å². The second-order valence-electron chi connectivity index (χ2n) is 3.25. The number of thiophene rings is 1. The van der Waals surface area contributed by atoms with Crippen LogP contribution >= 0.6 is 27.3 Å². The fraction of sp³-hybridized carbons (Fsp3) is 0.100. The van der Waals surface area contributed by atoms with Gasteiger partial charge in [0.15, 0.2) is 0 Å². The summed E-state index contributed by atoms with van der Waals surface area (Å²) in [6.45, 7) is 1.75. The van der Waals surface area contributed by atoms with Crippen molar-refractivity contribution in [2.75, 3.05) is 5.43 Å². The van der Waals surface area contributed by atoms with E-state index in [1.165, 1.54) is 6.07 Å². The molecule has 2 N–H and O–H groups in total. The van der Waals surface area contributed by atoms with Crippen LogP contribution in [0.3, 0.4) is 0 Å². The van der Waals surface area contributed by atoms with Gasteiger partial charge in [-0.15, -0.1) is 11.3 Å². The molecule has 0 radical (unpaired) electrons. The molecule has 88 valence electrons. The number of nitrogens with one attached hydrogen (secondary N) is 2. The van der Waals surface area contributed by atoms with Gasteiger partial charge < -0.3 is 0 Å². The van der Waals surface area contributed by atoms with Crippen LogP contribution in [0.5, 0.6) is 0 Å². The van der Waals surface area contributed by atoms with Crippen molar-refractivity contribution in [2.24, 2.45) is 5.10 Å². The standard InChI is InChI=1S/C10H9BrN4OS/c1-6-4-9(16)14-10(13-6)15-12-5-7-2-3-8(11)17-7/h2-5H,1H3,(H2,13,14,15,16). The summed E-state index contributed by atoms with van der Waals surface area (Å²) in [6, 6.07) is 5.30. The molecule has 0 spiro atoms. The Bertz CT molecular complexity index is 604. The van der Waals surface area contributed by atoms with Gasteiger partial charge >= 0.3 is 0 Å². The molecule has 5 nitrogen and oxygen atoms in total. The molecule has 2 rings (SSSR count). The predicted octanol–water partition coefficient (Wildman–Crippen LogP) is 2.35. The summed E-state index contributed by atoms with van der Waals surface area (Å²) in [6.07, 6.45) is 1.66. The number of aromatic amines is 1. The lowest BCUT2D eigenvalue weighted by Crippen LogP contribution is -2.10. The van der Waals surface area contributed by atoms with Crippen molar-refractivity contribution in [3.8, 4) is 0 Å². The van der Waals surface area contributed by atoms with Crippen molar-refractivity contribution in [3.63, 3.8) is 0 Å². The number of hydrazone groups is 1. The van der Waals surface area contributed by atoms with Gasteiger partial charge in [-0.25, -0.2) is 10.4 Å². The Morgan fingerprint density at radius 3 is 3.06 bits per heavy atom. The number of nitrogens with zero attached hydrogens (tertiary/aromatic N) is 2. The van der Waals surface area contributed by atoms with Crippen LogP contribution in [0.25, 0.3) is 0 Å². The highest BCUT2D eigenvalue weighted by molar-refractivity contribution is 9.11. The van der Waals surface area contributed by atoms with Gasteiger partial charge in [-0.2, -0.15) is 5.10 Å². The number of hydrogen-bond acceptors (Lipinski definition) is 5. The molecule has 0 saturated heterocycles. The van der Waals surface area contributed by atoms with E-state index in [2.05, 4.69) is 36.4 Å². The van der Waals surface area contributed by atoms with E-state index in [1.54, 1.807) is 24.5 Å². The van der Waals surface area contributed by atoms with Crippen molar-refractivity contribution in [1.29, 1.82) is 0 Å². The number of aryl methyl sites for hydroxylation is 1. The number of aromatic nitrogens is 2. The Kier molecular flexibility index (Phi) is 3.70. The van der Waals surface area contributed by atoms with E-state index in [0.29, 0.717) is 11.6 Å². The molecule has 0 bridgehead atoms. The summed E-state index contributed by atoms with van der Waals surface area (Å²) >= 11 is 4.93. The molecule has 2 aromatic heterocycles. The lowest BCUT2D eigenvalue weighted by Gasteiger charge is -1.98. The maximum absolute atomic E-state index is 11.2. The third kappa shape index (κ3) is 3.50. The minimum absolute atomic E-state index is 0.200. The van der Waals surface area contributed by atoms with Gasteiger partial charge in [0.05, 0.1) is 10.0 Å². The molecule has 2 heterocycles. The van der Waals surface area contributed by atoms with Crippen molar-refractivity contribution in [1.82, 2.24) is 9.97 Å². The molecule has 7 heteroatoms. The molecule has 0 aliphatic heterocycles. The Morgan fingerprint density at radius 2 is 2.41 bits per heavy atom. The lowest BCUT2D eigenvalue weighted by molar-refractivity contribution is 1.04. The number of hydrogen-bond donors (Lipinski definition) is 2. The topological polar surface area (TPSA) is 70.1 Å². The first-order chi connectivity index (χ1) is 8.13. The Hall–Kier alpha value is -1.47. The van der Waals surface area contributed by atoms with Crippen molar-refractivity contribution >= 4 is 39.4 Å². The second kappa shape index (κ2) is 5.24. The smallest absolute Gasteiger partial charge is 0.252 e. The van der Waals surface area contributed by atoms with Crippen molar-refractivity contribution < 1.29 is 0 Å². The average molecular weight is 313 g/mol. The summed E-state index contributed by atoms with van der Waals surface area (Å²) < 4.78 is 1.04. The second-order valence-corrected chi connectivity index (χ2v) is 5.74. The number of H-pyrrole nitrogens is 1. The summed E-state index contributed by atoms with van der Waals surface area (Å²) in [5.74, 6) is 0.335. The van der Waals surface area contributed by atoms with E-state index in [-0.39, 0.29) is 5.56 Å². The van der Waals surface area contributed by atoms with Crippen LogP contribution < -0.4 is 11.0 Å². The van der Waals surface area contributed by atoms with E-state index in [4.69, 9.17) is 0 Å². The maximum atomic E-state index is 11.2. The largest absolute Gasteiger partial charge is 0.291 e. The van der Waals surface area contributed by atoms with Crippen LogP contribution in [0.15, 0.2) is 31.9 Å². The number of halogens is 1. The normalized spacial score (nSPS) is 10.9. The van der Waals surface area contributed by atoms with Gasteiger partial charge in [-0.3, -0.25) is 9.78 Å². The fourth-order valence-electron chi connectivity index (χ4n) is 1.19. The van der Waals surface area contributed by atoms with E-state index < -0.39 is 0 Å². The molecule has 17 heavy (non-hydrogen) atoms. The maximum Gasteiger partial charge on any atom is 0.252 e. The van der Waals surface area contributed by atoms with Gasteiger partial charge in [-0.1, -0.05) is 0 Å². The highest BCUT2D eigenvalue weighted by Crippen LogP contribution is 2.20. The van der Waals surface area contributed by atoms with Gasteiger partial charge in [-0.05, 0) is 35.0 Å². The SMILES string of the molecule is Cc1cc(=O)[nH]c(NN=Cc2ccc(Br)s2)n1. The summed E-state index contributed by atoms with van der Waals surface area (Å²) in [4.78, 5) is 18.8. The average Bonchev–Trinajstić information content (AvgIpc) is 2.63. The monoisotopic (exact) mass is 312 g/mol. The van der Waals surface area contributed by atoms with Gasteiger partial charge in [0.1, 0.15) is 0 Å². The molecule has 0 amide bonds. The minimum atomic E-state index is -0.200. The quantitative estimate of drug-likeness (QED) is 0.675. The zero-order chi connectivity index (χ0) is 12.3. The Morgan fingerprint density at radius 1 is 1.59 bits per heavy atom. The van der Waals surface area contributed by atoms with Crippen LogP contribution in [0, 0.1) is 6.92 Å². The Balaban J connectivity index is 2.07. The zero-order valence-electron chi connectivity index (χ0n) is 8.90. The third-order valence-corrected chi connectivity index (χ3v) is 3.38. The highest BCUT2D eigenvalue weighted by Gasteiger charge is 1.96. The van der Waals surface area contributed by atoms with Crippen LogP contribution in [0.2, 0.25) is 0 Å². The fourth-order valence-corrected chi connectivity index (χ4v) is 2.48. The summed E-state index contributed by atoms with van der Waals surface area (Å²) in [5.41, 5.74) is 3.12. The number of rotatable bonds is 3. The molecule has 0 saturated carbocycles. The van der Waals surface area contributed by atoms with Crippen molar-refractivity contribution in [2.45, 2.75) is 6.92 Å². The molecule has 2 aromatic rings. The zero-order valence-corrected chi connectivity index (χ0v) is 11.3. The Labute approximate surface area is 110 Å². The van der Waals surface area contributed by atoms with Crippen LogP contribution in [-0.4, -0.2) is 16.2 Å². The molecular weight excluding hydrogens is 304 g/mol. The molecular formula is C10H9BrN4OS. The van der Waals surface area contributed by atoms with Crippen LogP contribution in [0.1, 0.15) is 10.6 Å². The first kappa shape index (κ1) is 12.0. The first-order valence-electron chi connectivity index (χ1n) is 4.76. The molecule has 0 atom stereocenters. The summed E-state index contributed by atoms with van der Waals surface area (Å²) in [7, 11) is 0. The van der Waals surface area contributed by atoms with E-state index in [9.17, 15) is 4.79 Å². The van der Waals surface area contributed by atoms with E-state index in [0.717, 1.165) is 8.66 Å². The molecule has 0 aliphatic rings. The van der Waals surface area contributed by atoms with Crippen molar-refractivity contribution in [3.05, 3.63) is 42.9 Å². The van der Waals surface area contributed by atoms with Gasteiger partial charge in [0.2, 0.25) is 5.95 Å². The third-order valence-electron chi connectivity index (χ3n) is 1.83. The highest BCUT2D eigenvalue weighted by atomic mass is 79.9. The molecule has 0 fully saturated rings. The molecule has 0 aliphatic carbocycles. The lowest BCUT2D eigenvalue weighted by atomic mass is 10.4. The first-order valence-corrected chi connectivity index (χ1v) is 6.37.